The van der Waals surface area contributed by atoms with E-state index in [0.29, 0.717) is 0 Å². The smallest absolute Gasteiger partial charge is 0.0407 e. The maximum Gasteiger partial charge on any atom is 0.0407 e. The Bertz CT molecular complexity index is 889. The van der Waals surface area contributed by atoms with Crippen molar-refractivity contribution in [2.75, 3.05) is 0 Å². The Morgan fingerprint density at radius 1 is 0.571 bits per heavy atom. The number of aromatic nitrogens is 2. The van der Waals surface area contributed by atoms with Crippen LogP contribution in [-0.2, 0) is 12.8 Å². The first-order chi connectivity index (χ1) is 13.6. The van der Waals surface area contributed by atoms with E-state index in [1.807, 2.05) is 49.1 Å². The van der Waals surface area contributed by atoms with Gasteiger partial charge in [0.25, 0.3) is 0 Å². The van der Waals surface area contributed by atoms with Crippen molar-refractivity contribution in [3.8, 4) is 0 Å². The van der Waals surface area contributed by atoms with E-state index in [1.165, 1.54) is 11.1 Å². The summed E-state index contributed by atoms with van der Waals surface area (Å²) in [5.74, 6) is 0. The highest BCUT2D eigenvalue weighted by molar-refractivity contribution is 9.14. The van der Waals surface area contributed by atoms with Crippen molar-refractivity contribution >= 4 is 75.9 Å². The van der Waals surface area contributed by atoms with Crippen molar-refractivity contribution in [2.45, 2.75) is 12.8 Å². The summed E-state index contributed by atoms with van der Waals surface area (Å²) in [5, 5.41) is 0. The van der Waals surface area contributed by atoms with Gasteiger partial charge in [0, 0.05) is 53.8 Å². The summed E-state index contributed by atoms with van der Waals surface area (Å²) in [7, 11) is 0. The molecule has 0 saturated carbocycles. The van der Waals surface area contributed by atoms with E-state index >= 15 is 0 Å². The SMILES string of the molecule is Brc1c(Br)c(/C=C/Cc2ccncc2)c(Br)c(Br)c1C=CCc1ccncc1. The van der Waals surface area contributed by atoms with E-state index in [4.69, 9.17) is 0 Å². The zero-order valence-corrected chi connectivity index (χ0v) is 21.1. The van der Waals surface area contributed by atoms with E-state index in [0.717, 1.165) is 41.9 Å². The minimum absolute atomic E-state index is 0.851. The molecule has 0 N–H and O–H groups in total. The van der Waals surface area contributed by atoms with Crippen LogP contribution in [-0.4, -0.2) is 9.97 Å². The standard InChI is InChI=1S/C22H16Br4N2/c23-19-17(5-1-3-15-7-11-27-12-8-15)20(24)22(26)18(21(19)25)6-2-4-16-9-13-28-14-10-16/h1-2,5-14H,3-4H2/b5-1+,6-2?. The molecular weight excluding hydrogens is 612 g/mol. The van der Waals surface area contributed by atoms with Crippen LogP contribution in [0.4, 0.5) is 0 Å². The quantitative estimate of drug-likeness (QED) is 0.259. The van der Waals surface area contributed by atoms with Crippen molar-refractivity contribution in [1.82, 2.24) is 9.97 Å². The van der Waals surface area contributed by atoms with Gasteiger partial charge in [-0.05, 0) is 112 Å². The van der Waals surface area contributed by atoms with E-state index in [-0.39, 0.29) is 0 Å². The predicted octanol–water partition coefficient (Wildman–Crippen LogP) is 8.04. The van der Waals surface area contributed by atoms with Gasteiger partial charge in [-0.3, -0.25) is 9.97 Å². The number of halogens is 4. The highest BCUT2D eigenvalue weighted by Crippen LogP contribution is 2.43. The first-order valence-corrected chi connectivity index (χ1v) is 11.7. The Morgan fingerprint density at radius 3 is 1.21 bits per heavy atom. The molecule has 0 aliphatic rings. The van der Waals surface area contributed by atoms with Crippen LogP contribution in [0.15, 0.2) is 79.1 Å². The maximum atomic E-state index is 4.06. The van der Waals surface area contributed by atoms with Crippen LogP contribution in [0.3, 0.4) is 0 Å². The molecule has 2 heterocycles. The van der Waals surface area contributed by atoms with Gasteiger partial charge in [0.1, 0.15) is 0 Å². The Labute approximate surface area is 198 Å². The van der Waals surface area contributed by atoms with Gasteiger partial charge in [-0.1, -0.05) is 24.3 Å². The van der Waals surface area contributed by atoms with Gasteiger partial charge in [-0.25, -0.2) is 0 Å². The molecule has 2 nitrogen and oxygen atoms in total. The molecular formula is C22H16Br4N2. The first kappa shape index (κ1) is 21.6. The second-order valence-corrected chi connectivity index (χ2v) is 9.18. The minimum atomic E-state index is 0.851. The number of hydrogen-bond donors (Lipinski definition) is 0. The van der Waals surface area contributed by atoms with E-state index < -0.39 is 0 Å². The van der Waals surface area contributed by atoms with E-state index in [2.05, 4.69) is 98.0 Å². The van der Waals surface area contributed by atoms with Gasteiger partial charge in [-0.15, -0.1) is 0 Å². The summed E-state index contributed by atoms with van der Waals surface area (Å²) in [6.07, 6.45) is 17.5. The second-order valence-electron chi connectivity index (χ2n) is 6.01. The molecule has 0 aliphatic heterocycles. The third-order valence-electron chi connectivity index (χ3n) is 4.11. The Morgan fingerprint density at radius 2 is 0.893 bits per heavy atom. The van der Waals surface area contributed by atoms with Gasteiger partial charge in [0.05, 0.1) is 0 Å². The van der Waals surface area contributed by atoms with E-state index in [9.17, 15) is 0 Å². The maximum absolute atomic E-state index is 4.06. The van der Waals surface area contributed by atoms with Crippen molar-refractivity contribution < 1.29 is 0 Å². The van der Waals surface area contributed by atoms with Crippen LogP contribution in [0.5, 0.6) is 0 Å². The van der Waals surface area contributed by atoms with Gasteiger partial charge in [0.15, 0.2) is 0 Å². The lowest BCUT2D eigenvalue weighted by atomic mass is 10.1. The van der Waals surface area contributed by atoms with Crippen molar-refractivity contribution in [3.63, 3.8) is 0 Å². The third-order valence-corrected chi connectivity index (χ3v) is 8.46. The molecule has 1 aromatic carbocycles. The number of pyridine rings is 2. The summed E-state index contributed by atoms with van der Waals surface area (Å²) < 4.78 is 4.04. The molecule has 0 atom stereocenters. The van der Waals surface area contributed by atoms with Crippen LogP contribution in [0, 0.1) is 0 Å². The van der Waals surface area contributed by atoms with Crippen molar-refractivity contribution in [2.24, 2.45) is 0 Å². The van der Waals surface area contributed by atoms with Crippen LogP contribution in [0.1, 0.15) is 22.3 Å². The average molecular weight is 628 g/mol. The average Bonchev–Trinajstić information content (AvgIpc) is 2.73. The summed E-state index contributed by atoms with van der Waals surface area (Å²) >= 11 is 15.0. The van der Waals surface area contributed by atoms with Gasteiger partial charge >= 0.3 is 0 Å². The van der Waals surface area contributed by atoms with E-state index in [1.54, 1.807) is 0 Å². The highest BCUT2D eigenvalue weighted by atomic mass is 79.9. The molecule has 3 rings (SSSR count). The Hall–Kier alpha value is -1.08. The molecule has 0 unspecified atom stereocenters. The van der Waals surface area contributed by atoms with Gasteiger partial charge in [0.2, 0.25) is 0 Å². The minimum Gasteiger partial charge on any atom is -0.265 e. The zero-order valence-electron chi connectivity index (χ0n) is 14.7. The molecule has 0 bridgehead atoms. The molecule has 3 aromatic rings. The van der Waals surface area contributed by atoms with Crippen molar-refractivity contribution in [3.05, 3.63) is 101 Å². The molecule has 0 fully saturated rings. The molecule has 28 heavy (non-hydrogen) atoms. The largest absolute Gasteiger partial charge is 0.265 e. The van der Waals surface area contributed by atoms with Crippen LogP contribution in [0.2, 0.25) is 0 Å². The summed E-state index contributed by atoms with van der Waals surface area (Å²) in [5.41, 5.74) is 4.62. The molecule has 0 radical (unpaired) electrons. The number of rotatable bonds is 6. The predicted molar refractivity (Wildman–Crippen MR) is 131 cm³/mol. The summed E-state index contributed by atoms with van der Waals surface area (Å²) in [6, 6.07) is 8.10. The third kappa shape index (κ3) is 5.50. The molecule has 0 aliphatic carbocycles. The fraction of sp³-hybridized carbons (Fsp3) is 0.0909. The Balaban J connectivity index is 1.82. The summed E-state index contributed by atoms with van der Waals surface area (Å²) in [6.45, 7) is 0. The molecule has 0 saturated heterocycles. The lowest BCUT2D eigenvalue weighted by molar-refractivity contribution is 1.21. The lowest BCUT2D eigenvalue weighted by Gasteiger charge is -2.12. The van der Waals surface area contributed by atoms with Crippen LogP contribution in [0.25, 0.3) is 12.2 Å². The number of nitrogens with zero attached hydrogens (tertiary/aromatic N) is 2. The number of allylic oxidation sites excluding steroid dienone is 2. The van der Waals surface area contributed by atoms with Crippen molar-refractivity contribution in [1.29, 1.82) is 0 Å². The molecule has 0 amide bonds. The molecule has 6 heteroatoms. The van der Waals surface area contributed by atoms with Gasteiger partial charge in [-0.2, -0.15) is 0 Å². The number of hydrogen-bond acceptors (Lipinski definition) is 2. The highest BCUT2D eigenvalue weighted by Gasteiger charge is 2.15. The monoisotopic (exact) mass is 624 g/mol. The fourth-order valence-electron chi connectivity index (χ4n) is 2.62. The first-order valence-electron chi connectivity index (χ1n) is 8.54. The summed E-state index contributed by atoms with van der Waals surface area (Å²) in [4.78, 5) is 8.11. The topological polar surface area (TPSA) is 25.8 Å². The Kier molecular flexibility index (Phi) is 8.21. The second kappa shape index (κ2) is 10.6. The molecule has 142 valence electrons. The van der Waals surface area contributed by atoms with Crippen LogP contribution >= 0.6 is 63.7 Å². The fourth-order valence-corrected chi connectivity index (χ4v) is 5.33. The zero-order chi connectivity index (χ0) is 19.9. The van der Waals surface area contributed by atoms with Crippen LogP contribution < -0.4 is 0 Å². The van der Waals surface area contributed by atoms with Gasteiger partial charge < -0.3 is 0 Å². The lowest BCUT2D eigenvalue weighted by Crippen LogP contribution is -1.90. The molecule has 0 spiro atoms. The number of benzene rings is 1. The molecule has 2 aromatic heterocycles. The normalized spacial score (nSPS) is 11.6.